The van der Waals surface area contributed by atoms with E-state index in [-0.39, 0.29) is 6.61 Å². The first kappa shape index (κ1) is 10.8. The van der Waals surface area contributed by atoms with Crippen molar-refractivity contribution < 1.29 is 9.52 Å². The van der Waals surface area contributed by atoms with E-state index in [4.69, 9.17) is 9.52 Å². The average molecular weight is 217 g/mol. The number of nitrogens with one attached hydrogen (secondary N) is 1. The number of aliphatic hydroxyl groups excluding tert-OH is 1. The van der Waals surface area contributed by atoms with Crippen LogP contribution in [-0.2, 0) is 13.0 Å². The first-order valence-electron chi connectivity index (χ1n) is 5.33. The molecule has 0 spiro atoms. The second-order valence-electron chi connectivity index (χ2n) is 3.66. The zero-order valence-corrected chi connectivity index (χ0v) is 9.02. The lowest BCUT2D eigenvalue weighted by Crippen LogP contribution is -1.98. The quantitative estimate of drug-likeness (QED) is 0.808. The van der Waals surface area contributed by atoms with E-state index in [0.717, 1.165) is 23.4 Å². The van der Waals surface area contributed by atoms with Gasteiger partial charge < -0.3 is 14.8 Å². The number of hydrogen-bond acceptors (Lipinski definition) is 3. The van der Waals surface area contributed by atoms with Crippen molar-refractivity contribution in [2.75, 3.05) is 11.9 Å². The van der Waals surface area contributed by atoms with Gasteiger partial charge in [0.15, 0.2) is 0 Å². The Balaban J connectivity index is 1.90. The Labute approximate surface area is 94.7 Å². The first-order valence-corrected chi connectivity index (χ1v) is 5.33. The normalized spacial score (nSPS) is 10.3. The minimum atomic E-state index is 0.196. The van der Waals surface area contributed by atoms with Gasteiger partial charge in [-0.25, -0.2) is 0 Å². The van der Waals surface area contributed by atoms with Gasteiger partial charge in [-0.05, 0) is 30.2 Å². The number of benzene rings is 1. The Hall–Kier alpha value is -1.74. The van der Waals surface area contributed by atoms with E-state index >= 15 is 0 Å². The first-order chi connectivity index (χ1) is 7.88. The fraction of sp³-hybridized carbons (Fsp3) is 0.231. The van der Waals surface area contributed by atoms with Crippen LogP contribution < -0.4 is 5.32 Å². The third-order valence-electron chi connectivity index (χ3n) is 2.43. The summed E-state index contributed by atoms with van der Waals surface area (Å²) in [7, 11) is 0. The molecule has 1 heterocycles. The van der Waals surface area contributed by atoms with Crippen molar-refractivity contribution in [3.8, 4) is 0 Å². The molecule has 0 aliphatic rings. The Morgan fingerprint density at radius 1 is 1.06 bits per heavy atom. The third kappa shape index (κ3) is 2.87. The van der Waals surface area contributed by atoms with E-state index < -0.39 is 0 Å². The van der Waals surface area contributed by atoms with Crippen LogP contribution in [0.5, 0.6) is 0 Å². The predicted octanol–water partition coefficient (Wildman–Crippen LogP) is 2.43. The molecular weight excluding hydrogens is 202 g/mol. The Bertz CT molecular complexity index is 406. The van der Waals surface area contributed by atoms with Crippen LogP contribution in [0.3, 0.4) is 0 Å². The number of aliphatic hydroxyl groups is 1. The molecule has 2 aromatic rings. The second kappa shape index (κ2) is 5.37. The predicted molar refractivity (Wildman–Crippen MR) is 63.3 cm³/mol. The molecule has 3 heteroatoms. The van der Waals surface area contributed by atoms with Crippen LogP contribution in [0.1, 0.15) is 11.1 Å². The molecule has 0 fully saturated rings. The van der Waals surface area contributed by atoms with Crippen LogP contribution >= 0.6 is 0 Å². The van der Waals surface area contributed by atoms with Gasteiger partial charge in [0, 0.05) is 24.4 Å². The topological polar surface area (TPSA) is 45.4 Å². The van der Waals surface area contributed by atoms with Crippen LogP contribution in [0.2, 0.25) is 0 Å². The van der Waals surface area contributed by atoms with Gasteiger partial charge in [-0.3, -0.25) is 0 Å². The van der Waals surface area contributed by atoms with E-state index in [1.165, 1.54) is 0 Å². The summed E-state index contributed by atoms with van der Waals surface area (Å²) in [4.78, 5) is 0. The highest BCUT2D eigenvalue weighted by atomic mass is 16.3. The summed E-state index contributed by atoms with van der Waals surface area (Å²) in [6.07, 6.45) is 4.11. The molecule has 0 bridgehead atoms. The maximum Gasteiger partial charge on any atom is 0.0952 e. The molecule has 0 aliphatic carbocycles. The monoisotopic (exact) mass is 217 g/mol. The highest BCUT2D eigenvalue weighted by Gasteiger charge is 1.96. The molecule has 0 aliphatic heterocycles. The van der Waals surface area contributed by atoms with E-state index in [1.807, 2.05) is 30.3 Å². The minimum Gasteiger partial charge on any atom is -0.472 e. The van der Waals surface area contributed by atoms with Crippen molar-refractivity contribution in [2.24, 2.45) is 0 Å². The lowest BCUT2D eigenvalue weighted by Gasteiger charge is -2.05. The van der Waals surface area contributed by atoms with Gasteiger partial charge in [0.2, 0.25) is 0 Å². The maximum atomic E-state index is 8.79. The zero-order chi connectivity index (χ0) is 11.2. The average Bonchev–Trinajstić information content (AvgIpc) is 2.82. The summed E-state index contributed by atoms with van der Waals surface area (Å²) in [6, 6.07) is 10.0. The number of furan rings is 1. The summed E-state index contributed by atoms with van der Waals surface area (Å²) < 4.78 is 4.99. The van der Waals surface area contributed by atoms with Crippen LogP contribution in [0.4, 0.5) is 5.69 Å². The van der Waals surface area contributed by atoms with Gasteiger partial charge >= 0.3 is 0 Å². The molecule has 1 aromatic carbocycles. The van der Waals surface area contributed by atoms with Crippen LogP contribution in [0.15, 0.2) is 47.3 Å². The third-order valence-corrected chi connectivity index (χ3v) is 2.43. The SMILES string of the molecule is OCCc1ccc(NCc2ccoc2)cc1. The van der Waals surface area contributed by atoms with Crippen molar-refractivity contribution in [1.29, 1.82) is 0 Å². The number of rotatable bonds is 5. The fourth-order valence-electron chi connectivity index (χ4n) is 1.52. The Morgan fingerprint density at radius 2 is 1.88 bits per heavy atom. The van der Waals surface area contributed by atoms with Gasteiger partial charge in [0.05, 0.1) is 12.5 Å². The van der Waals surface area contributed by atoms with Crippen LogP contribution in [-0.4, -0.2) is 11.7 Å². The molecule has 0 amide bonds. The Kier molecular flexibility index (Phi) is 3.62. The molecule has 2 rings (SSSR count). The van der Waals surface area contributed by atoms with E-state index in [2.05, 4.69) is 5.32 Å². The molecule has 0 saturated heterocycles. The number of hydrogen-bond donors (Lipinski definition) is 2. The Morgan fingerprint density at radius 3 is 2.50 bits per heavy atom. The summed E-state index contributed by atoms with van der Waals surface area (Å²) in [5, 5.41) is 12.1. The largest absolute Gasteiger partial charge is 0.472 e. The fourth-order valence-corrected chi connectivity index (χ4v) is 1.52. The molecule has 84 valence electrons. The molecule has 2 N–H and O–H groups in total. The van der Waals surface area contributed by atoms with Crippen molar-refractivity contribution in [3.63, 3.8) is 0 Å². The highest BCUT2D eigenvalue weighted by molar-refractivity contribution is 5.45. The molecule has 0 unspecified atom stereocenters. The smallest absolute Gasteiger partial charge is 0.0952 e. The zero-order valence-electron chi connectivity index (χ0n) is 9.02. The van der Waals surface area contributed by atoms with Gasteiger partial charge in [-0.15, -0.1) is 0 Å². The van der Waals surface area contributed by atoms with Crippen molar-refractivity contribution >= 4 is 5.69 Å². The maximum absolute atomic E-state index is 8.79. The lowest BCUT2D eigenvalue weighted by atomic mass is 10.1. The van der Waals surface area contributed by atoms with E-state index in [0.29, 0.717) is 6.42 Å². The summed E-state index contributed by atoms with van der Waals surface area (Å²) in [6.45, 7) is 0.956. The van der Waals surface area contributed by atoms with Crippen molar-refractivity contribution in [1.82, 2.24) is 0 Å². The molecule has 0 saturated carbocycles. The molecule has 1 aromatic heterocycles. The molecule has 16 heavy (non-hydrogen) atoms. The van der Waals surface area contributed by atoms with Crippen molar-refractivity contribution in [3.05, 3.63) is 54.0 Å². The molecular formula is C13H15NO2. The lowest BCUT2D eigenvalue weighted by molar-refractivity contribution is 0.299. The summed E-state index contributed by atoms with van der Waals surface area (Å²) in [5.41, 5.74) is 3.35. The van der Waals surface area contributed by atoms with Gasteiger partial charge in [0.25, 0.3) is 0 Å². The standard InChI is InChI=1S/C13H15NO2/c15-7-5-11-1-3-13(4-2-11)14-9-12-6-8-16-10-12/h1-4,6,8,10,14-15H,5,7,9H2. The molecule has 3 nitrogen and oxygen atoms in total. The summed E-state index contributed by atoms with van der Waals surface area (Å²) >= 11 is 0. The van der Waals surface area contributed by atoms with E-state index in [1.54, 1.807) is 12.5 Å². The second-order valence-corrected chi connectivity index (χ2v) is 3.66. The minimum absolute atomic E-state index is 0.196. The summed E-state index contributed by atoms with van der Waals surface area (Å²) in [5.74, 6) is 0. The molecule has 0 atom stereocenters. The number of anilines is 1. The molecule has 0 radical (unpaired) electrons. The van der Waals surface area contributed by atoms with Gasteiger partial charge in [0.1, 0.15) is 0 Å². The van der Waals surface area contributed by atoms with Gasteiger partial charge in [-0.2, -0.15) is 0 Å². The van der Waals surface area contributed by atoms with Crippen LogP contribution in [0.25, 0.3) is 0 Å². The highest BCUT2D eigenvalue weighted by Crippen LogP contribution is 2.11. The van der Waals surface area contributed by atoms with Gasteiger partial charge in [-0.1, -0.05) is 12.1 Å². The van der Waals surface area contributed by atoms with E-state index in [9.17, 15) is 0 Å². The van der Waals surface area contributed by atoms with Crippen molar-refractivity contribution in [2.45, 2.75) is 13.0 Å². The van der Waals surface area contributed by atoms with Crippen LogP contribution in [0, 0.1) is 0 Å².